The van der Waals surface area contributed by atoms with Crippen molar-refractivity contribution in [2.24, 2.45) is 17.6 Å². The fraction of sp³-hybridized carbons (Fsp3) is 0.381. The summed E-state index contributed by atoms with van der Waals surface area (Å²) in [5.41, 5.74) is 5.68. The maximum absolute atomic E-state index is 13.4. The van der Waals surface area contributed by atoms with Gasteiger partial charge in [0, 0.05) is 29.4 Å². The number of carbonyl (C=O) groups excluding carboxylic acids is 1. The number of amides is 1. The fourth-order valence-electron chi connectivity index (χ4n) is 4.87. The molecular formula is C21H20ClF3N2O3S. The van der Waals surface area contributed by atoms with Crippen molar-refractivity contribution in [3.63, 3.8) is 0 Å². The topological polar surface area (TPSA) is 89.3 Å². The number of halogens is 4. The van der Waals surface area contributed by atoms with Gasteiger partial charge in [-0.3, -0.25) is 4.79 Å². The molecule has 2 aromatic rings. The van der Waals surface area contributed by atoms with Crippen LogP contribution in [0.2, 0.25) is 5.02 Å². The molecule has 10 heteroatoms. The van der Waals surface area contributed by atoms with Crippen LogP contribution in [0.3, 0.4) is 0 Å². The molecule has 2 aliphatic carbocycles. The summed E-state index contributed by atoms with van der Waals surface area (Å²) in [6, 6.07) is 5.01. The van der Waals surface area contributed by atoms with Crippen molar-refractivity contribution < 1.29 is 26.4 Å². The molecule has 2 saturated carbocycles. The SMILES string of the molecule is NC1CC2CC[C@@H](C1)C2S(=O)(=O)c1cc(C(=O)Nc2cc(F)c(F)c(F)c2)ccc1Cl. The van der Waals surface area contributed by atoms with E-state index in [0.717, 1.165) is 18.9 Å². The summed E-state index contributed by atoms with van der Waals surface area (Å²) in [6.07, 6.45) is 2.81. The van der Waals surface area contributed by atoms with Gasteiger partial charge in [0.05, 0.1) is 15.2 Å². The molecular weight excluding hydrogens is 453 g/mol. The van der Waals surface area contributed by atoms with Crippen molar-refractivity contribution >= 4 is 33.0 Å². The first-order valence-electron chi connectivity index (χ1n) is 9.83. The predicted octanol–water partition coefficient (Wildman–Crippen LogP) is 4.30. The molecule has 4 atom stereocenters. The van der Waals surface area contributed by atoms with Crippen LogP contribution in [0.1, 0.15) is 36.0 Å². The summed E-state index contributed by atoms with van der Waals surface area (Å²) in [7, 11) is -3.84. The number of fused-ring (bicyclic) bond motifs is 2. The van der Waals surface area contributed by atoms with E-state index in [1.807, 2.05) is 0 Å². The minimum atomic E-state index is -3.84. The largest absolute Gasteiger partial charge is 0.328 e. The van der Waals surface area contributed by atoms with E-state index in [-0.39, 0.29) is 39.0 Å². The molecule has 0 aromatic heterocycles. The number of hydrogen-bond donors (Lipinski definition) is 2. The van der Waals surface area contributed by atoms with Crippen molar-refractivity contribution in [3.05, 3.63) is 58.4 Å². The average molecular weight is 473 g/mol. The maximum atomic E-state index is 13.4. The average Bonchev–Trinajstić information content (AvgIpc) is 2.99. The summed E-state index contributed by atoms with van der Waals surface area (Å²) in [5, 5.41) is 1.62. The number of hydrogen-bond acceptors (Lipinski definition) is 4. The molecule has 2 bridgehead atoms. The first-order chi connectivity index (χ1) is 14.6. The molecule has 3 unspecified atom stereocenters. The highest BCUT2D eigenvalue weighted by Crippen LogP contribution is 2.47. The highest BCUT2D eigenvalue weighted by atomic mass is 35.5. The highest BCUT2D eigenvalue weighted by Gasteiger charge is 2.49. The lowest BCUT2D eigenvalue weighted by Gasteiger charge is -2.33. The van der Waals surface area contributed by atoms with Crippen LogP contribution in [0.5, 0.6) is 0 Å². The number of nitrogens with two attached hydrogens (primary N) is 1. The number of nitrogens with one attached hydrogen (secondary N) is 1. The number of rotatable bonds is 4. The molecule has 166 valence electrons. The number of anilines is 1. The van der Waals surface area contributed by atoms with Crippen LogP contribution < -0.4 is 11.1 Å². The molecule has 0 radical (unpaired) electrons. The van der Waals surface area contributed by atoms with Crippen molar-refractivity contribution in [1.82, 2.24) is 0 Å². The molecule has 4 rings (SSSR count). The van der Waals surface area contributed by atoms with E-state index in [0.29, 0.717) is 25.0 Å². The van der Waals surface area contributed by atoms with E-state index in [1.165, 1.54) is 12.1 Å². The lowest BCUT2D eigenvalue weighted by molar-refractivity contribution is 0.102. The number of benzene rings is 2. The lowest BCUT2D eigenvalue weighted by atomic mass is 9.85. The van der Waals surface area contributed by atoms with Crippen LogP contribution >= 0.6 is 11.6 Å². The van der Waals surface area contributed by atoms with Crippen molar-refractivity contribution in [1.29, 1.82) is 0 Å². The minimum Gasteiger partial charge on any atom is -0.328 e. The standard InChI is InChI=1S/C21H20ClF3N2O3S/c22-15-4-3-12(21(28)27-14-8-16(23)19(25)17(24)9-14)7-18(15)31(29,30)20-10-1-2-11(20)6-13(26)5-10/h3-4,7-11,13,20H,1-2,5-6,26H2,(H,27,28)/t10-,11?,13?,20?/m0/s1. The Morgan fingerprint density at radius 1 is 1.03 bits per heavy atom. The Balaban J connectivity index is 1.64. The molecule has 1 amide bonds. The third-order valence-electron chi connectivity index (χ3n) is 6.15. The quantitative estimate of drug-likeness (QED) is 0.649. The second-order valence-electron chi connectivity index (χ2n) is 8.19. The Hall–Kier alpha value is -2.10. The zero-order chi connectivity index (χ0) is 22.5. The van der Waals surface area contributed by atoms with Crippen LogP contribution in [0, 0.1) is 29.3 Å². The Kier molecular flexibility index (Phi) is 5.78. The Labute approximate surface area is 182 Å². The monoisotopic (exact) mass is 472 g/mol. The van der Waals surface area contributed by atoms with Crippen LogP contribution in [-0.2, 0) is 9.84 Å². The van der Waals surface area contributed by atoms with Gasteiger partial charge in [-0.15, -0.1) is 0 Å². The van der Waals surface area contributed by atoms with E-state index in [1.54, 1.807) is 0 Å². The van der Waals surface area contributed by atoms with Gasteiger partial charge in [-0.05, 0) is 55.7 Å². The molecule has 2 aromatic carbocycles. The van der Waals surface area contributed by atoms with E-state index < -0.39 is 38.4 Å². The molecule has 0 heterocycles. The van der Waals surface area contributed by atoms with Crippen molar-refractivity contribution in [2.75, 3.05) is 5.32 Å². The van der Waals surface area contributed by atoms with Gasteiger partial charge in [0.2, 0.25) is 0 Å². The molecule has 2 fully saturated rings. The Morgan fingerprint density at radius 3 is 2.19 bits per heavy atom. The third kappa shape index (κ3) is 4.06. The summed E-state index contributed by atoms with van der Waals surface area (Å²) in [4.78, 5) is 12.4. The minimum absolute atomic E-state index is 0.00954. The second kappa shape index (κ2) is 8.11. The Bertz CT molecular complexity index is 1120. The van der Waals surface area contributed by atoms with Gasteiger partial charge in [0.15, 0.2) is 27.3 Å². The zero-order valence-electron chi connectivity index (χ0n) is 16.2. The molecule has 3 N–H and O–H groups in total. The normalized spacial score (nSPS) is 25.5. The smallest absolute Gasteiger partial charge is 0.255 e. The van der Waals surface area contributed by atoms with E-state index in [4.69, 9.17) is 17.3 Å². The zero-order valence-corrected chi connectivity index (χ0v) is 17.8. The van der Waals surface area contributed by atoms with Crippen molar-refractivity contribution in [3.8, 4) is 0 Å². The third-order valence-corrected chi connectivity index (χ3v) is 9.03. The van der Waals surface area contributed by atoms with Crippen LogP contribution in [0.25, 0.3) is 0 Å². The van der Waals surface area contributed by atoms with Crippen LogP contribution in [0.4, 0.5) is 18.9 Å². The molecule has 5 nitrogen and oxygen atoms in total. The van der Waals surface area contributed by atoms with Gasteiger partial charge in [-0.25, -0.2) is 21.6 Å². The highest BCUT2D eigenvalue weighted by molar-refractivity contribution is 7.92. The van der Waals surface area contributed by atoms with E-state index in [2.05, 4.69) is 5.32 Å². The molecule has 2 aliphatic rings. The van der Waals surface area contributed by atoms with Gasteiger partial charge in [0.1, 0.15) is 0 Å². The van der Waals surface area contributed by atoms with Gasteiger partial charge in [0.25, 0.3) is 5.91 Å². The lowest BCUT2D eigenvalue weighted by Crippen LogP contribution is -2.42. The summed E-state index contributed by atoms with van der Waals surface area (Å²) < 4.78 is 66.8. The van der Waals surface area contributed by atoms with Gasteiger partial charge in [-0.1, -0.05) is 11.6 Å². The predicted molar refractivity (Wildman–Crippen MR) is 110 cm³/mol. The van der Waals surface area contributed by atoms with Gasteiger partial charge < -0.3 is 11.1 Å². The number of sulfone groups is 1. The first kappa shape index (κ1) is 22.1. The van der Waals surface area contributed by atoms with E-state index in [9.17, 15) is 26.4 Å². The second-order valence-corrected chi connectivity index (χ2v) is 10.7. The Morgan fingerprint density at radius 2 is 1.61 bits per heavy atom. The number of carbonyl (C=O) groups is 1. The summed E-state index contributed by atoms with van der Waals surface area (Å²) >= 11 is 6.19. The fourth-order valence-corrected chi connectivity index (χ4v) is 7.74. The van der Waals surface area contributed by atoms with E-state index >= 15 is 0 Å². The molecule has 31 heavy (non-hydrogen) atoms. The molecule has 0 saturated heterocycles. The van der Waals surface area contributed by atoms with Crippen LogP contribution in [-0.4, -0.2) is 25.6 Å². The molecule has 0 spiro atoms. The molecule has 0 aliphatic heterocycles. The van der Waals surface area contributed by atoms with Gasteiger partial charge >= 0.3 is 0 Å². The van der Waals surface area contributed by atoms with Gasteiger partial charge in [-0.2, -0.15) is 0 Å². The first-order valence-corrected chi connectivity index (χ1v) is 11.7. The maximum Gasteiger partial charge on any atom is 0.255 e. The summed E-state index contributed by atoms with van der Waals surface area (Å²) in [5.74, 6) is -5.50. The van der Waals surface area contributed by atoms with Crippen LogP contribution in [0.15, 0.2) is 35.2 Å². The summed E-state index contributed by atoms with van der Waals surface area (Å²) in [6.45, 7) is 0. The van der Waals surface area contributed by atoms with Crippen molar-refractivity contribution in [2.45, 2.75) is 41.9 Å².